The fraction of sp³-hybridized carbons (Fsp3) is 0.200. The maximum Gasteiger partial charge on any atom is 0.135 e. The van der Waals surface area contributed by atoms with Crippen LogP contribution in [0.5, 0.6) is 11.5 Å². The first kappa shape index (κ1) is 10.7. The summed E-state index contributed by atoms with van der Waals surface area (Å²) in [5, 5.41) is 0. The van der Waals surface area contributed by atoms with Crippen molar-refractivity contribution in [3.8, 4) is 11.5 Å². The quantitative estimate of drug-likeness (QED) is 0.731. The Hall–Kier alpha value is -1.76. The second kappa shape index (κ2) is 4.84. The Labute approximate surface area is 96.7 Å². The minimum Gasteiger partial charge on any atom is -0.456 e. The summed E-state index contributed by atoms with van der Waals surface area (Å²) in [5.41, 5.74) is 1.22. The Balaban J connectivity index is 2.28. The summed E-state index contributed by atoms with van der Waals surface area (Å²) in [6.45, 7) is 4.33. The SMILES string of the molecule is CC(C)c1ccccc1Oc1[c]cccc1. The van der Waals surface area contributed by atoms with Crippen molar-refractivity contribution >= 4 is 0 Å². The van der Waals surface area contributed by atoms with E-state index in [1.54, 1.807) is 0 Å². The third kappa shape index (κ3) is 2.43. The molecule has 0 aliphatic carbocycles. The summed E-state index contributed by atoms with van der Waals surface area (Å²) in [7, 11) is 0. The van der Waals surface area contributed by atoms with Gasteiger partial charge in [0.15, 0.2) is 0 Å². The highest BCUT2D eigenvalue weighted by atomic mass is 16.5. The molecule has 2 rings (SSSR count). The summed E-state index contributed by atoms with van der Waals surface area (Å²) in [6, 6.07) is 18.8. The summed E-state index contributed by atoms with van der Waals surface area (Å²) in [5.74, 6) is 2.13. The molecular weight excluding hydrogens is 196 g/mol. The molecule has 0 bridgehead atoms. The van der Waals surface area contributed by atoms with Crippen LogP contribution in [-0.4, -0.2) is 0 Å². The van der Waals surface area contributed by atoms with E-state index >= 15 is 0 Å². The third-order valence-electron chi connectivity index (χ3n) is 2.44. The van der Waals surface area contributed by atoms with Gasteiger partial charge in [-0.1, -0.05) is 50.2 Å². The average Bonchev–Trinajstić information content (AvgIpc) is 2.31. The molecule has 0 saturated heterocycles. The fourth-order valence-corrected chi connectivity index (χ4v) is 1.61. The largest absolute Gasteiger partial charge is 0.456 e. The highest BCUT2D eigenvalue weighted by Gasteiger charge is 2.07. The van der Waals surface area contributed by atoms with Crippen LogP contribution in [0.3, 0.4) is 0 Å². The maximum atomic E-state index is 5.82. The fourth-order valence-electron chi connectivity index (χ4n) is 1.61. The monoisotopic (exact) mass is 211 g/mol. The highest BCUT2D eigenvalue weighted by Crippen LogP contribution is 2.29. The molecule has 0 saturated carbocycles. The van der Waals surface area contributed by atoms with E-state index in [0.717, 1.165) is 11.5 Å². The minimum atomic E-state index is 0.458. The van der Waals surface area contributed by atoms with E-state index in [-0.39, 0.29) is 0 Å². The molecule has 1 radical (unpaired) electrons. The van der Waals surface area contributed by atoms with Gasteiger partial charge in [-0.3, -0.25) is 0 Å². The summed E-state index contributed by atoms with van der Waals surface area (Å²) in [4.78, 5) is 0. The zero-order chi connectivity index (χ0) is 11.4. The molecule has 2 aromatic rings. The lowest BCUT2D eigenvalue weighted by Crippen LogP contribution is -1.93. The van der Waals surface area contributed by atoms with Gasteiger partial charge in [0.05, 0.1) is 0 Å². The molecule has 0 unspecified atom stereocenters. The van der Waals surface area contributed by atoms with Crippen molar-refractivity contribution in [1.82, 2.24) is 0 Å². The molecule has 0 aliphatic rings. The smallest absolute Gasteiger partial charge is 0.135 e. The summed E-state index contributed by atoms with van der Waals surface area (Å²) < 4.78 is 5.82. The first-order valence-corrected chi connectivity index (χ1v) is 5.51. The minimum absolute atomic E-state index is 0.458. The number of para-hydroxylation sites is 2. The van der Waals surface area contributed by atoms with Crippen LogP contribution in [-0.2, 0) is 0 Å². The number of hydrogen-bond donors (Lipinski definition) is 0. The Morgan fingerprint density at radius 1 is 1.00 bits per heavy atom. The van der Waals surface area contributed by atoms with Gasteiger partial charge in [0.2, 0.25) is 0 Å². The van der Waals surface area contributed by atoms with Crippen molar-refractivity contribution in [3.05, 3.63) is 60.2 Å². The van der Waals surface area contributed by atoms with Crippen LogP contribution in [0.25, 0.3) is 0 Å². The molecular formula is C15H15O. The Morgan fingerprint density at radius 3 is 2.44 bits per heavy atom. The predicted molar refractivity (Wildman–Crippen MR) is 65.9 cm³/mol. The van der Waals surface area contributed by atoms with Crippen molar-refractivity contribution < 1.29 is 4.74 Å². The first-order valence-electron chi connectivity index (χ1n) is 5.51. The van der Waals surface area contributed by atoms with Crippen molar-refractivity contribution in [3.63, 3.8) is 0 Å². The molecule has 0 amide bonds. The standard InChI is InChI=1S/C15H15O/c1-12(2)14-10-6-7-11-15(14)16-13-8-4-3-5-9-13/h3-8,10-12H,1-2H3. The lowest BCUT2D eigenvalue weighted by Gasteiger charge is -2.13. The number of rotatable bonds is 3. The van der Waals surface area contributed by atoms with Gasteiger partial charge in [-0.15, -0.1) is 0 Å². The lowest BCUT2D eigenvalue weighted by atomic mass is 10.0. The molecule has 0 atom stereocenters. The van der Waals surface area contributed by atoms with Gasteiger partial charge in [0.25, 0.3) is 0 Å². The Bertz CT molecular complexity index is 446. The molecule has 2 aromatic carbocycles. The van der Waals surface area contributed by atoms with Crippen molar-refractivity contribution in [1.29, 1.82) is 0 Å². The van der Waals surface area contributed by atoms with Crippen LogP contribution in [0, 0.1) is 6.07 Å². The van der Waals surface area contributed by atoms with E-state index < -0.39 is 0 Å². The topological polar surface area (TPSA) is 9.23 Å². The highest BCUT2D eigenvalue weighted by molar-refractivity contribution is 5.39. The van der Waals surface area contributed by atoms with Crippen molar-refractivity contribution in [2.45, 2.75) is 19.8 Å². The third-order valence-corrected chi connectivity index (χ3v) is 2.44. The van der Waals surface area contributed by atoms with E-state index in [2.05, 4.69) is 26.0 Å². The zero-order valence-electron chi connectivity index (χ0n) is 9.60. The van der Waals surface area contributed by atoms with E-state index in [9.17, 15) is 0 Å². The van der Waals surface area contributed by atoms with Crippen LogP contribution in [0.1, 0.15) is 25.3 Å². The van der Waals surface area contributed by atoms with Gasteiger partial charge in [-0.25, -0.2) is 0 Å². The summed E-state index contributed by atoms with van der Waals surface area (Å²) in [6.07, 6.45) is 0. The van der Waals surface area contributed by atoms with Gasteiger partial charge < -0.3 is 4.74 Å². The predicted octanol–water partition coefficient (Wildman–Crippen LogP) is 4.40. The number of ether oxygens (including phenoxy) is 1. The van der Waals surface area contributed by atoms with Gasteiger partial charge >= 0.3 is 0 Å². The van der Waals surface area contributed by atoms with Gasteiger partial charge in [-0.05, 0) is 23.6 Å². The van der Waals surface area contributed by atoms with E-state index in [4.69, 9.17) is 4.74 Å². The lowest BCUT2D eigenvalue weighted by molar-refractivity contribution is 0.472. The first-order chi connectivity index (χ1) is 7.77. The van der Waals surface area contributed by atoms with E-state index in [1.807, 2.05) is 42.5 Å². The normalized spacial score (nSPS) is 10.4. The molecule has 81 valence electrons. The van der Waals surface area contributed by atoms with Crippen molar-refractivity contribution in [2.75, 3.05) is 0 Å². The van der Waals surface area contributed by atoms with E-state index in [1.165, 1.54) is 5.56 Å². The second-order valence-electron chi connectivity index (χ2n) is 4.02. The molecule has 1 nitrogen and oxygen atoms in total. The van der Waals surface area contributed by atoms with Gasteiger partial charge in [0.1, 0.15) is 11.5 Å². The second-order valence-corrected chi connectivity index (χ2v) is 4.02. The average molecular weight is 211 g/mol. The molecule has 0 fully saturated rings. The van der Waals surface area contributed by atoms with Crippen LogP contribution >= 0.6 is 0 Å². The van der Waals surface area contributed by atoms with E-state index in [0.29, 0.717) is 5.92 Å². The maximum absolute atomic E-state index is 5.82. The molecule has 0 aromatic heterocycles. The number of hydrogen-bond acceptors (Lipinski definition) is 1. The molecule has 0 aliphatic heterocycles. The van der Waals surface area contributed by atoms with Crippen LogP contribution in [0.2, 0.25) is 0 Å². The van der Waals surface area contributed by atoms with Gasteiger partial charge in [0, 0.05) is 6.07 Å². The molecule has 1 heteroatoms. The molecule has 0 N–H and O–H groups in total. The molecule has 0 heterocycles. The summed E-state index contributed by atoms with van der Waals surface area (Å²) >= 11 is 0. The van der Waals surface area contributed by atoms with Crippen LogP contribution in [0.15, 0.2) is 48.5 Å². The molecule has 16 heavy (non-hydrogen) atoms. The Kier molecular flexibility index (Phi) is 3.25. The number of benzene rings is 2. The van der Waals surface area contributed by atoms with Gasteiger partial charge in [-0.2, -0.15) is 0 Å². The van der Waals surface area contributed by atoms with Crippen molar-refractivity contribution in [2.24, 2.45) is 0 Å². The molecule has 0 spiro atoms. The van der Waals surface area contributed by atoms with Crippen LogP contribution < -0.4 is 4.74 Å². The Morgan fingerprint density at radius 2 is 1.75 bits per heavy atom. The zero-order valence-corrected chi connectivity index (χ0v) is 9.60. The van der Waals surface area contributed by atoms with Crippen LogP contribution in [0.4, 0.5) is 0 Å².